The van der Waals surface area contributed by atoms with Crippen LogP contribution in [-0.2, 0) is 27.2 Å². The minimum absolute atomic E-state index is 0.148. The normalized spacial score (nSPS) is 12.8. The molecule has 28 heavy (non-hydrogen) atoms. The first kappa shape index (κ1) is 19.3. The van der Waals surface area contributed by atoms with Crippen LogP contribution in [-0.4, -0.2) is 37.1 Å². The van der Waals surface area contributed by atoms with Gasteiger partial charge in [-0.15, -0.1) is 0 Å². The van der Waals surface area contributed by atoms with Crippen molar-refractivity contribution in [3.05, 3.63) is 63.7 Å². The van der Waals surface area contributed by atoms with Crippen molar-refractivity contribution in [3.8, 4) is 5.75 Å². The molecule has 146 valence electrons. The van der Waals surface area contributed by atoms with Crippen LogP contribution in [0.5, 0.6) is 5.75 Å². The number of methoxy groups -OCH3 is 1. The number of amides is 1. The fourth-order valence-corrected chi connectivity index (χ4v) is 3.22. The summed E-state index contributed by atoms with van der Waals surface area (Å²) in [4.78, 5) is 36.7. The minimum atomic E-state index is -0.686. The standard InChI is InChI=1S/C20H20N2O6/c1-27-16-8-9-17-14(11-16)6-4-10-21(17)19(23)13-28-20(24)12-15-5-2-3-7-18(15)22(25)26/h2-3,5,7-9,11H,4,6,10,12-13H2,1H3. The number of nitrogens with zero attached hydrogens (tertiary/aromatic N) is 2. The number of carbonyl (C=O) groups is 2. The quantitative estimate of drug-likeness (QED) is 0.431. The fourth-order valence-electron chi connectivity index (χ4n) is 3.22. The summed E-state index contributed by atoms with van der Waals surface area (Å²) in [6, 6.07) is 11.5. The van der Waals surface area contributed by atoms with E-state index in [1.54, 1.807) is 24.1 Å². The van der Waals surface area contributed by atoms with E-state index in [0.717, 1.165) is 29.8 Å². The van der Waals surface area contributed by atoms with Crippen molar-refractivity contribution < 1.29 is 24.0 Å². The molecule has 1 aliphatic heterocycles. The molecule has 0 saturated heterocycles. The van der Waals surface area contributed by atoms with Crippen LogP contribution in [0.4, 0.5) is 11.4 Å². The second kappa shape index (κ2) is 8.51. The Hall–Kier alpha value is -3.42. The summed E-state index contributed by atoms with van der Waals surface area (Å²) >= 11 is 0. The lowest BCUT2D eigenvalue weighted by Crippen LogP contribution is -2.38. The third-order valence-corrected chi connectivity index (χ3v) is 4.59. The zero-order valence-electron chi connectivity index (χ0n) is 15.4. The van der Waals surface area contributed by atoms with E-state index in [4.69, 9.17) is 9.47 Å². The van der Waals surface area contributed by atoms with E-state index in [2.05, 4.69) is 0 Å². The van der Waals surface area contributed by atoms with Gasteiger partial charge in [-0.1, -0.05) is 18.2 Å². The molecule has 8 nitrogen and oxygen atoms in total. The molecule has 0 aromatic heterocycles. The molecule has 2 aromatic rings. The van der Waals surface area contributed by atoms with Crippen molar-refractivity contribution in [1.82, 2.24) is 0 Å². The van der Waals surface area contributed by atoms with E-state index < -0.39 is 17.5 Å². The van der Waals surface area contributed by atoms with Crippen molar-refractivity contribution >= 4 is 23.3 Å². The summed E-state index contributed by atoms with van der Waals surface area (Å²) in [5.74, 6) is -0.291. The number of benzene rings is 2. The summed E-state index contributed by atoms with van der Waals surface area (Å²) in [6.07, 6.45) is 1.38. The van der Waals surface area contributed by atoms with E-state index in [9.17, 15) is 19.7 Å². The Balaban J connectivity index is 1.62. The van der Waals surface area contributed by atoms with Crippen molar-refractivity contribution in [2.75, 3.05) is 25.2 Å². The molecule has 0 atom stereocenters. The molecule has 1 heterocycles. The molecule has 0 N–H and O–H groups in total. The topological polar surface area (TPSA) is 99.0 Å². The third kappa shape index (κ3) is 4.28. The second-order valence-corrected chi connectivity index (χ2v) is 6.37. The zero-order valence-corrected chi connectivity index (χ0v) is 15.4. The van der Waals surface area contributed by atoms with Gasteiger partial charge in [-0.25, -0.2) is 0 Å². The highest BCUT2D eigenvalue weighted by Crippen LogP contribution is 2.30. The number of hydrogen-bond donors (Lipinski definition) is 0. The predicted molar refractivity (Wildman–Crippen MR) is 101 cm³/mol. The van der Waals surface area contributed by atoms with Gasteiger partial charge in [0.2, 0.25) is 0 Å². The van der Waals surface area contributed by atoms with Crippen LogP contribution in [0.3, 0.4) is 0 Å². The van der Waals surface area contributed by atoms with Crippen LogP contribution in [0.25, 0.3) is 0 Å². The molecular formula is C20H20N2O6. The summed E-state index contributed by atoms with van der Waals surface area (Å²) in [6.45, 7) is 0.130. The monoisotopic (exact) mass is 384 g/mol. The van der Waals surface area contributed by atoms with Gasteiger partial charge in [-0.2, -0.15) is 0 Å². The molecule has 2 aromatic carbocycles. The maximum atomic E-state index is 12.6. The van der Waals surface area contributed by atoms with Gasteiger partial charge in [0.05, 0.1) is 18.5 Å². The van der Waals surface area contributed by atoms with Crippen LogP contribution >= 0.6 is 0 Å². The highest BCUT2D eigenvalue weighted by molar-refractivity contribution is 5.96. The molecule has 8 heteroatoms. The molecule has 3 rings (SSSR count). The Morgan fingerprint density at radius 3 is 2.75 bits per heavy atom. The Bertz CT molecular complexity index is 911. The van der Waals surface area contributed by atoms with Gasteiger partial charge >= 0.3 is 5.97 Å². The number of rotatable bonds is 6. The molecular weight excluding hydrogens is 364 g/mol. The highest BCUT2D eigenvalue weighted by Gasteiger charge is 2.24. The number of anilines is 1. The first-order valence-electron chi connectivity index (χ1n) is 8.85. The average molecular weight is 384 g/mol. The van der Waals surface area contributed by atoms with E-state index in [1.807, 2.05) is 12.1 Å². The molecule has 0 radical (unpaired) electrons. The van der Waals surface area contributed by atoms with Crippen LogP contribution in [0.2, 0.25) is 0 Å². The molecule has 0 fully saturated rings. The van der Waals surface area contributed by atoms with Gasteiger partial charge in [0.25, 0.3) is 11.6 Å². The summed E-state index contributed by atoms with van der Waals surface area (Å²) in [5, 5.41) is 11.0. The van der Waals surface area contributed by atoms with Crippen molar-refractivity contribution in [1.29, 1.82) is 0 Å². The highest BCUT2D eigenvalue weighted by atomic mass is 16.6. The maximum absolute atomic E-state index is 12.6. The smallest absolute Gasteiger partial charge is 0.311 e. The van der Waals surface area contributed by atoms with E-state index >= 15 is 0 Å². The Morgan fingerprint density at radius 1 is 1.21 bits per heavy atom. The van der Waals surface area contributed by atoms with Crippen molar-refractivity contribution in [2.24, 2.45) is 0 Å². The molecule has 1 aliphatic rings. The minimum Gasteiger partial charge on any atom is -0.497 e. The number of para-hydroxylation sites is 1. The number of fused-ring (bicyclic) bond motifs is 1. The van der Waals surface area contributed by atoms with Crippen LogP contribution in [0.1, 0.15) is 17.5 Å². The largest absolute Gasteiger partial charge is 0.497 e. The van der Waals surface area contributed by atoms with Crippen LogP contribution in [0, 0.1) is 10.1 Å². The molecule has 0 bridgehead atoms. The van der Waals surface area contributed by atoms with Gasteiger partial charge in [0.1, 0.15) is 5.75 Å². The number of nitro benzene ring substituents is 1. The number of nitro groups is 1. The lowest BCUT2D eigenvalue weighted by Gasteiger charge is -2.29. The van der Waals surface area contributed by atoms with Gasteiger partial charge in [-0.05, 0) is 36.6 Å². The Morgan fingerprint density at radius 2 is 2.00 bits per heavy atom. The van der Waals surface area contributed by atoms with Crippen LogP contribution in [0.15, 0.2) is 42.5 Å². The average Bonchev–Trinajstić information content (AvgIpc) is 2.71. The third-order valence-electron chi connectivity index (χ3n) is 4.59. The molecule has 0 unspecified atom stereocenters. The first-order chi connectivity index (χ1) is 13.5. The molecule has 0 spiro atoms. The Kier molecular flexibility index (Phi) is 5.88. The maximum Gasteiger partial charge on any atom is 0.311 e. The zero-order chi connectivity index (χ0) is 20.1. The van der Waals surface area contributed by atoms with E-state index in [1.165, 1.54) is 18.2 Å². The Labute approximate surface area is 161 Å². The first-order valence-corrected chi connectivity index (χ1v) is 8.85. The summed E-state index contributed by atoms with van der Waals surface area (Å²) < 4.78 is 10.3. The molecule has 1 amide bonds. The number of hydrogen-bond acceptors (Lipinski definition) is 6. The van der Waals surface area contributed by atoms with Crippen molar-refractivity contribution in [2.45, 2.75) is 19.3 Å². The molecule has 0 aliphatic carbocycles. The second-order valence-electron chi connectivity index (χ2n) is 6.37. The lowest BCUT2D eigenvalue weighted by molar-refractivity contribution is -0.385. The summed E-state index contributed by atoms with van der Waals surface area (Å²) in [7, 11) is 1.59. The number of esters is 1. The fraction of sp³-hybridized carbons (Fsp3) is 0.300. The number of carbonyl (C=O) groups excluding carboxylic acids is 2. The van der Waals surface area contributed by atoms with Gasteiger partial charge in [0.15, 0.2) is 6.61 Å². The van der Waals surface area contributed by atoms with E-state index in [0.29, 0.717) is 6.54 Å². The lowest BCUT2D eigenvalue weighted by atomic mass is 10.0. The number of ether oxygens (including phenoxy) is 2. The SMILES string of the molecule is COc1ccc2c(c1)CCCN2C(=O)COC(=O)Cc1ccccc1[N+](=O)[O-]. The van der Waals surface area contributed by atoms with E-state index in [-0.39, 0.29) is 23.6 Å². The van der Waals surface area contributed by atoms with Gasteiger partial charge < -0.3 is 14.4 Å². The van der Waals surface area contributed by atoms with Gasteiger partial charge in [0, 0.05) is 23.9 Å². The number of aryl methyl sites for hydroxylation is 1. The van der Waals surface area contributed by atoms with Gasteiger partial charge in [-0.3, -0.25) is 19.7 Å². The predicted octanol–water partition coefficient (Wildman–Crippen LogP) is 2.67. The van der Waals surface area contributed by atoms with Crippen LogP contribution < -0.4 is 9.64 Å². The van der Waals surface area contributed by atoms with Crippen molar-refractivity contribution in [3.63, 3.8) is 0 Å². The molecule has 0 saturated carbocycles. The summed E-state index contributed by atoms with van der Waals surface area (Å²) in [5.41, 5.74) is 1.89.